The van der Waals surface area contributed by atoms with Crippen molar-refractivity contribution in [1.29, 1.82) is 0 Å². The number of carbonyl (C=O) groups is 3. The van der Waals surface area contributed by atoms with E-state index < -0.39 is 82.8 Å². The van der Waals surface area contributed by atoms with E-state index in [0.29, 0.717) is 57.8 Å². The van der Waals surface area contributed by atoms with Crippen LogP contribution in [-0.2, 0) is 42.8 Å². The first-order chi connectivity index (χ1) is 26.2. The van der Waals surface area contributed by atoms with Gasteiger partial charge in [0.15, 0.2) is 11.9 Å². The highest BCUT2D eigenvalue weighted by Gasteiger charge is 2.64. The Kier molecular flexibility index (Phi) is 14.0. The van der Waals surface area contributed by atoms with E-state index in [0.717, 1.165) is 6.42 Å². The summed E-state index contributed by atoms with van der Waals surface area (Å²) in [4.78, 5) is 38.9. The molecule has 2 spiro atoms. The van der Waals surface area contributed by atoms with E-state index in [-0.39, 0.29) is 41.8 Å². The highest BCUT2D eigenvalue weighted by Crippen LogP contribution is 2.54. The molecular formula is C44H72O12. The molecule has 18 atom stereocenters. The molecule has 1 unspecified atom stereocenters. The van der Waals surface area contributed by atoms with Crippen LogP contribution < -0.4 is 0 Å². The Morgan fingerprint density at radius 2 is 1.57 bits per heavy atom. The van der Waals surface area contributed by atoms with Gasteiger partial charge in [-0.05, 0) is 95.6 Å². The van der Waals surface area contributed by atoms with Crippen LogP contribution in [0.5, 0.6) is 0 Å². The number of carboxylic acids is 1. The second kappa shape index (κ2) is 17.3. The van der Waals surface area contributed by atoms with Crippen molar-refractivity contribution in [2.45, 2.75) is 206 Å². The fourth-order valence-corrected chi connectivity index (χ4v) is 10.8. The van der Waals surface area contributed by atoms with Gasteiger partial charge in [-0.2, -0.15) is 0 Å². The maximum absolute atomic E-state index is 14.5. The maximum Gasteiger partial charge on any atom is 0.309 e. The number of hydrogen-bond acceptors (Lipinski definition) is 11. The van der Waals surface area contributed by atoms with E-state index in [2.05, 4.69) is 20.8 Å². The van der Waals surface area contributed by atoms with Gasteiger partial charge in [-0.1, -0.05) is 55.4 Å². The molecule has 0 aromatic carbocycles. The number of carbonyl (C=O) groups excluding carboxylic acids is 2. The normalized spacial score (nSPS) is 44.2. The number of rotatable bonds is 13. The average molecular weight is 793 g/mol. The Hall–Kier alpha value is -1.93. The molecule has 4 fully saturated rings. The predicted octanol–water partition coefficient (Wildman–Crippen LogP) is 6.76. The molecule has 0 aromatic heterocycles. The van der Waals surface area contributed by atoms with Crippen molar-refractivity contribution in [2.24, 2.45) is 41.4 Å². The topological polar surface area (TPSA) is 167 Å². The van der Waals surface area contributed by atoms with Gasteiger partial charge in [-0.3, -0.25) is 14.4 Å². The molecule has 3 N–H and O–H groups in total. The van der Waals surface area contributed by atoms with Gasteiger partial charge in [0.05, 0.1) is 53.7 Å². The van der Waals surface area contributed by atoms with Crippen LogP contribution in [0.15, 0.2) is 12.2 Å². The Balaban J connectivity index is 1.36. The number of ether oxygens (including phenoxy) is 6. The van der Waals surface area contributed by atoms with Crippen LogP contribution in [0.3, 0.4) is 0 Å². The fraction of sp³-hybridized carbons (Fsp3) is 0.886. The molecule has 12 heteroatoms. The van der Waals surface area contributed by atoms with Crippen molar-refractivity contribution in [3.63, 3.8) is 0 Å². The summed E-state index contributed by atoms with van der Waals surface area (Å²) in [6.45, 7) is 20.9. The molecule has 5 heterocycles. The van der Waals surface area contributed by atoms with Gasteiger partial charge in [-0.25, -0.2) is 0 Å². The lowest BCUT2D eigenvalue weighted by Crippen LogP contribution is -2.63. The van der Waals surface area contributed by atoms with Crippen LogP contribution in [0.1, 0.15) is 140 Å². The van der Waals surface area contributed by atoms with E-state index in [9.17, 15) is 29.7 Å². The standard InChI is InChI=1S/C44H72O12/c1-12-31(40(48)49)33-16-15-24(4)38(53-33)28(8)36(46)27(7)37(47)32(13-2)39-25(5)23-26(6)43(54-39)20-18-35(52-30(10)45)44(56-43)22-21-41(11,55-44)34-17-19-42(50,14-3)29(9)51-34/h18,20,24-29,31-36,38-39,46,50H,12-17,19,21-23H2,1-11H3,(H,48,49)/t24-,25-,26+,27-,28-,29-,31?,32-,33+,34+,35+,36+,38+,39-,41-,42+,43-,44-/m0/s1. The van der Waals surface area contributed by atoms with Crippen LogP contribution in [-0.4, -0.2) is 98.5 Å². The molecule has 0 aromatic rings. The van der Waals surface area contributed by atoms with E-state index in [1.165, 1.54) is 6.92 Å². The molecule has 4 saturated heterocycles. The summed E-state index contributed by atoms with van der Waals surface area (Å²) >= 11 is 0. The zero-order valence-corrected chi connectivity index (χ0v) is 35.8. The Morgan fingerprint density at radius 3 is 2.16 bits per heavy atom. The maximum atomic E-state index is 14.5. The van der Waals surface area contributed by atoms with Crippen molar-refractivity contribution in [1.82, 2.24) is 0 Å². The Bertz CT molecular complexity index is 1440. The third-order valence-electron chi connectivity index (χ3n) is 14.7. The number of aliphatic hydroxyl groups is 2. The smallest absolute Gasteiger partial charge is 0.309 e. The molecule has 5 aliphatic heterocycles. The average Bonchev–Trinajstić information content (AvgIpc) is 3.49. The highest BCUT2D eigenvalue weighted by molar-refractivity contribution is 5.84. The largest absolute Gasteiger partial charge is 0.481 e. The molecule has 56 heavy (non-hydrogen) atoms. The number of Topliss-reactive ketones (excluding diaryl/α,β-unsaturated/α-hetero) is 1. The van der Waals surface area contributed by atoms with Gasteiger partial charge in [-0.15, -0.1) is 0 Å². The van der Waals surface area contributed by atoms with Gasteiger partial charge in [0.2, 0.25) is 5.79 Å². The molecule has 0 radical (unpaired) electrons. The monoisotopic (exact) mass is 793 g/mol. The van der Waals surface area contributed by atoms with Crippen molar-refractivity contribution in [3.8, 4) is 0 Å². The lowest BCUT2D eigenvalue weighted by atomic mass is 9.72. The van der Waals surface area contributed by atoms with Crippen LogP contribution in [0, 0.1) is 41.4 Å². The minimum atomic E-state index is -1.38. The minimum absolute atomic E-state index is 0.0147. The second-order valence-corrected chi connectivity index (χ2v) is 18.5. The summed E-state index contributed by atoms with van der Waals surface area (Å²) in [5, 5.41) is 32.7. The summed E-state index contributed by atoms with van der Waals surface area (Å²) in [5.41, 5.74) is -1.70. The molecule has 0 saturated carbocycles. The molecule has 0 aliphatic carbocycles. The highest BCUT2D eigenvalue weighted by atomic mass is 16.8. The summed E-state index contributed by atoms with van der Waals surface area (Å²) < 4.78 is 39.8. The van der Waals surface area contributed by atoms with Crippen LogP contribution >= 0.6 is 0 Å². The van der Waals surface area contributed by atoms with Gasteiger partial charge in [0.1, 0.15) is 5.78 Å². The number of aliphatic hydroxyl groups excluding tert-OH is 1. The fourth-order valence-electron chi connectivity index (χ4n) is 10.8. The number of esters is 1. The first-order valence-electron chi connectivity index (χ1n) is 21.6. The Labute approximate surface area is 334 Å². The van der Waals surface area contributed by atoms with Gasteiger partial charge in [0, 0.05) is 37.0 Å². The molecule has 5 aliphatic rings. The van der Waals surface area contributed by atoms with Crippen LogP contribution in [0.2, 0.25) is 0 Å². The van der Waals surface area contributed by atoms with E-state index in [1.54, 1.807) is 6.92 Å². The molecule has 5 rings (SSSR count). The van der Waals surface area contributed by atoms with Crippen molar-refractivity contribution in [2.75, 3.05) is 0 Å². The quantitative estimate of drug-likeness (QED) is 0.133. The number of hydrogen-bond donors (Lipinski definition) is 3. The van der Waals surface area contributed by atoms with Crippen LogP contribution in [0.4, 0.5) is 0 Å². The van der Waals surface area contributed by atoms with E-state index in [1.807, 2.05) is 53.7 Å². The molecule has 0 bridgehead atoms. The van der Waals surface area contributed by atoms with Crippen molar-refractivity contribution >= 4 is 17.7 Å². The Morgan fingerprint density at radius 1 is 0.893 bits per heavy atom. The lowest BCUT2D eigenvalue weighted by molar-refractivity contribution is -0.409. The first-order valence-corrected chi connectivity index (χ1v) is 21.6. The van der Waals surface area contributed by atoms with Gasteiger partial charge in [0.25, 0.3) is 0 Å². The van der Waals surface area contributed by atoms with E-state index in [4.69, 9.17) is 28.4 Å². The zero-order valence-electron chi connectivity index (χ0n) is 35.8. The van der Waals surface area contributed by atoms with Crippen molar-refractivity contribution < 1.29 is 58.1 Å². The number of ketones is 1. The molecule has 0 amide bonds. The predicted molar refractivity (Wildman–Crippen MR) is 208 cm³/mol. The molecular weight excluding hydrogens is 720 g/mol. The van der Waals surface area contributed by atoms with E-state index >= 15 is 0 Å². The summed E-state index contributed by atoms with van der Waals surface area (Å²) in [6.07, 6.45) is 5.50. The summed E-state index contributed by atoms with van der Waals surface area (Å²) in [6, 6.07) is 0. The number of aliphatic carboxylic acids is 1. The molecule has 320 valence electrons. The zero-order chi connectivity index (χ0) is 41.5. The summed E-state index contributed by atoms with van der Waals surface area (Å²) in [5.74, 6) is -6.48. The third-order valence-corrected chi connectivity index (χ3v) is 14.7. The third kappa shape index (κ3) is 8.54. The number of carboxylic acid groups (broad SMARTS) is 1. The lowest BCUT2D eigenvalue weighted by Gasteiger charge is -2.54. The summed E-state index contributed by atoms with van der Waals surface area (Å²) in [7, 11) is 0. The minimum Gasteiger partial charge on any atom is -0.481 e. The SMILES string of the molecule is CCC(C(=O)O)[C@H]1CC[C@H](C)[C@H]([C@@H](C)[C@H](O)[C@H](C)C(=O)[C@H](CC)[C@H]2O[C@]3(C=C[C@@H](OC(C)=O)[C@]4(CC[C@@](C)([C@H]5CC[C@](O)(CC)[C@H](C)O5)O4)O3)[C@H](C)C[C@@H]2C)O1. The van der Waals surface area contributed by atoms with Crippen molar-refractivity contribution in [3.05, 3.63) is 12.2 Å². The van der Waals surface area contributed by atoms with Crippen LogP contribution in [0.25, 0.3) is 0 Å². The van der Waals surface area contributed by atoms with Gasteiger partial charge < -0.3 is 43.7 Å². The first kappa shape index (κ1) is 45.2. The molecule has 12 nitrogen and oxygen atoms in total. The second-order valence-electron chi connectivity index (χ2n) is 18.5. The van der Waals surface area contributed by atoms with Gasteiger partial charge >= 0.3 is 11.9 Å².